The minimum Gasteiger partial charge on any atom is -0.493 e. The summed E-state index contributed by atoms with van der Waals surface area (Å²) in [6.07, 6.45) is 0.749. The Kier molecular flexibility index (Phi) is 6.00. The molecule has 136 valence electrons. The van der Waals surface area contributed by atoms with Gasteiger partial charge in [-0.1, -0.05) is 18.2 Å². The van der Waals surface area contributed by atoms with Crippen LogP contribution in [-0.4, -0.2) is 37.5 Å². The van der Waals surface area contributed by atoms with E-state index in [-0.39, 0.29) is 5.91 Å². The number of hydrogen-bond acceptors (Lipinski definition) is 5. The molecule has 0 atom stereocenters. The molecule has 3 rings (SSSR count). The van der Waals surface area contributed by atoms with Crippen molar-refractivity contribution in [2.75, 3.05) is 31.4 Å². The standard InChI is InChI=1S/C19H20N2O3S2/c1-23-15-8-7-13(11-16(15)24-2)9-10-20-19(25)21-14-5-3-4-6-17(14)26-12-18(21)22/h3-8,11H,9-10,12H2,1-2H3,(H,20,25). The Morgan fingerprint density at radius 2 is 1.96 bits per heavy atom. The van der Waals surface area contributed by atoms with E-state index in [0.29, 0.717) is 28.9 Å². The minimum atomic E-state index is -0.00248. The predicted octanol–water partition coefficient (Wildman–Crippen LogP) is 3.26. The van der Waals surface area contributed by atoms with E-state index in [2.05, 4.69) is 5.32 Å². The van der Waals surface area contributed by atoms with Gasteiger partial charge in [-0.25, -0.2) is 0 Å². The predicted molar refractivity (Wildman–Crippen MR) is 109 cm³/mol. The van der Waals surface area contributed by atoms with Gasteiger partial charge < -0.3 is 14.8 Å². The van der Waals surface area contributed by atoms with E-state index in [4.69, 9.17) is 21.7 Å². The molecule has 0 spiro atoms. The van der Waals surface area contributed by atoms with Gasteiger partial charge in [0, 0.05) is 11.4 Å². The summed E-state index contributed by atoms with van der Waals surface area (Å²) in [6.45, 7) is 0.618. The van der Waals surface area contributed by atoms with Gasteiger partial charge >= 0.3 is 0 Å². The lowest BCUT2D eigenvalue weighted by molar-refractivity contribution is -0.115. The first-order valence-electron chi connectivity index (χ1n) is 8.17. The van der Waals surface area contributed by atoms with Crippen molar-refractivity contribution < 1.29 is 14.3 Å². The van der Waals surface area contributed by atoms with Crippen LogP contribution < -0.4 is 19.7 Å². The topological polar surface area (TPSA) is 50.8 Å². The summed E-state index contributed by atoms with van der Waals surface area (Å²) in [7, 11) is 3.23. The summed E-state index contributed by atoms with van der Waals surface area (Å²) in [6, 6.07) is 13.6. The van der Waals surface area contributed by atoms with Gasteiger partial charge in [-0.15, -0.1) is 11.8 Å². The monoisotopic (exact) mass is 388 g/mol. The third kappa shape index (κ3) is 3.94. The van der Waals surface area contributed by atoms with Crippen LogP contribution in [0.15, 0.2) is 47.4 Å². The molecule has 0 fully saturated rings. The molecule has 0 aliphatic carbocycles. The van der Waals surface area contributed by atoms with E-state index in [9.17, 15) is 4.79 Å². The third-order valence-electron chi connectivity index (χ3n) is 4.05. The molecule has 0 radical (unpaired) electrons. The molecule has 1 aliphatic heterocycles. The number of anilines is 1. The molecule has 2 aromatic carbocycles. The number of fused-ring (bicyclic) bond motifs is 1. The van der Waals surface area contributed by atoms with Gasteiger partial charge in [0.15, 0.2) is 16.6 Å². The van der Waals surface area contributed by atoms with E-state index in [0.717, 1.165) is 22.6 Å². The van der Waals surface area contributed by atoms with Crippen molar-refractivity contribution in [3.63, 3.8) is 0 Å². The third-order valence-corrected chi connectivity index (χ3v) is 5.42. The Bertz CT molecular complexity index is 826. The fraction of sp³-hybridized carbons (Fsp3) is 0.263. The van der Waals surface area contributed by atoms with Crippen LogP contribution in [-0.2, 0) is 11.2 Å². The number of methoxy groups -OCH3 is 2. The van der Waals surface area contributed by atoms with Gasteiger partial charge in [-0.2, -0.15) is 0 Å². The molecule has 26 heavy (non-hydrogen) atoms. The Morgan fingerprint density at radius 3 is 2.73 bits per heavy atom. The number of nitrogens with one attached hydrogen (secondary N) is 1. The van der Waals surface area contributed by atoms with Crippen LogP contribution in [0.25, 0.3) is 0 Å². The zero-order chi connectivity index (χ0) is 18.5. The smallest absolute Gasteiger partial charge is 0.243 e. The van der Waals surface area contributed by atoms with Gasteiger partial charge in [0.2, 0.25) is 5.91 Å². The van der Waals surface area contributed by atoms with Crippen molar-refractivity contribution in [2.45, 2.75) is 11.3 Å². The number of thiocarbonyl (C=S) groups is 1. The maximum atomic E-state index is 12.3. The molecule has 1 heterocycles. The fourth-order valence-corrected chi connectivity index (χ4v) is 3.95. The van der Waals surface area contributed by atoms with Crippen LogP contribution in [0.4, 0.5) is 5.69 Å². The van der Waals surface area contributed by atoms with Crippen molar-refractivity contribution in [1.82, 2.24) is 5.32 Å². The lowest BCUT2D eigenvalue weighted by atomic mass is 10.1. The van der Waals surface area contributed by atoms with Crippen molar-refractivity contribution in [3.05, 3.63) is 48.0 Å². The minimum absolute atomic E-state index is 0.00248. The number of nitrogens with zero attached hydrogens (tertiary/aromatic N) is 1. The highest BCUT2D eigenvalue weighted by atomic mass is 32.2. The van der Waals surface area contributed by atoms with Crippen LogP contribution in [0.3, 0.4) is 0 Å². The molecule has 5 nitrogen and oxygen atoms in total. The summed E-state index contributed by atoms with van der Waals surface area (Å²) >= 11 is 7.01. The highest BCUT2D eigenvalue weighted by molar-refractivity contribution is 8.00. The maximum Gasteiger partial charge on any atom is 0.243 e. The first-order chi connectivity index (χ1) is 12.6. The summed E-state index contributed by atoms with van der Waals surface area (Å²) in [5.74, 6) is 1.80. The molecule has 2 aromatic rings. The maximum absolute atomic E-state index is 12.3. The fourth-order valence-electron chi connectivity index (χ4n) is 2.75. The molecular formula is C19H20N2O3S2. The van der Waals surface area contributed by atoms with Crippen LogP contribution >= 0.6 is 24.0 Å². The molecule has 1 aliphatic rings. The lowest BCUT2D eigenvalue weighted by Crippen LogP contribution is -2.46. The molecule has 0 bridgehead atoms. The van der Waals surface area contributed by atoms with E-state index in [1.54, 1.807) is 30.9 Å². The number of thioether (sulfide) groups is 1. The number of ether oxygens (including phenoxy) is 2. The second-order valence-corrected chi connectivity index (χ2v) is 7.06. The summed E-state index contributed by atoms with van der Waals surface area (Å²) in [5.41, 5.74) is 1.94. The SMILES string of the molecule is COc1ccc(CCNC(=S)N2C(=O)CSc3ccccc32)cc1OC. The van der Waals surface area contributed by atoms with Crippen molar-refractivity contribution in [2.24, 2.45) is 0 Å². The zero-order valence-corrected chi connectivity index (χ0v) is 16.3. The Hall–Kier alpha value is -2.25. The molecule has 1 amide bonds. The van der Waals surface area contributed by atoms with E-state index >= 15 is 0 Å². The van der Waals surface area contributed by atoms with Crippen molar-refractivity contribution >= 4 is 40.7 Å². The van der Waals surface area contributed by atoms with Gasteiger partial charge in [-0.3, -0.25) is 9.69 Å². The number of carbonyl (C=O) groups is 1. The molecule has 0 unspecified atom stereocenters. The molecule has 0 saturated carbocycles. The number of rotatable bonds is 5. The largest absolute Gasteiger partial charge is 0.493 e. The molecular weight excluding hydrogens is 368 g/mol. The van der Waals surface area contributed by atoms with E-state index in [1.807, 2.05) is 42.5 Å². The summed E-state index contributed by atoms with van der Waals surface area (Å²) in [4.78, 5) is 15.0. The summed E-state index contributed by atoms with van der Waals surface area (Å²) < 4.78 is 10.6. The quantitative estimate of drug-likeness (QED) is 0.794. The molecule has 0 saturated heterocycles. The van der Waals surface area contributed by atoms with Gasteiger partial charge in [0.25, 0.3) is 0 Å². The first kappa shape index (κ1) is 18.5. The second kappa shape index (κ2) is 8.42. The van der Waals surface area contributed by atoms with E-state index < -0.39 is 0 Å². The average Bonchev–Trinajstić information content (AvgIpc) is 2.67. The van der Waals surface area contributed by atoms with Crippen LogP contribution in [0.2, 0.25) is 0 Å². The van der Waals surface area contributed by atoms with Crippen LogP contribution in [0, 0.1) is 0 Å². The number of carbonyl (C=O) groups excluding carboxylic acids is 1. The number of para-hydroxylation sites is 1. The van der Waals surface area contributed by atoms with Crippen LogP contribution in [0.1, 0.15) is 5.56 Å². The Balaban J connectivity index is 1.64. The number of amides is 1. The van der Waals surface area contributed by atoms with Crippen molar-refractivity contribution in [3.8, 4) is 11.5 Å². The average molecular weight is 389 g/mol. The van der Waals surface area contributed by atoms with E-state index in [1.165, 1.54) is 0 Å². The van der Waals surface area contributed by atoms with Crippen LogP contribution in [0.5, 0.6) is 11.5 Å². The van der Waals surface area contributed by atoms with Gasteiger partial charge in [0.05, 0.1) is 25.7 Å². The normalized spacial score (nSPS) is 13.2. The summed E-state index contributed by atoms with van der Waals surface area (Å²) in [5, 5.41) is 3.63. The van der Waals surface area contributed by atoms with Crippen molar-refractivity contribution in [1.29, 1.82) is 0 Å². The highest BCUT2D eigenvalue weighted by Crippen LogP contribution is 2.35. The molecule has 7 heteroatoms. The first-order valence-corrected chi connectivity index (χ1v) is 9.57. The molecule has 0 aromatic heterocycles. The molecule has 1 N–H and O–H groups in total. The highest BCUT2D eigenvalue weighted by Gasteiger charge is 2.27. The van der Waals surface area contributed by atoms with Gasteiger partial charge in [-0.05, 0) is 48.5 Å². The van der Waals surface area contributed by atoms with Gasteiger partial charge in [0.1, 0.15) is 0 Å². The number of hydrogen-bond donors (Lipinski definition) is 1. The Morgan fingerprint density at radius 1 is 1.19 bits per heavy atom. The lowest BCUT2D eigenvalue weighted by Gasteiger charge is -2.29. The Labute approximate surface area is 162 Å². The zero-order valence-electron chi connectivity index (χ0n) is 14.7. The number of benzene rings is 2. The second-order valence-electron chi connectivity index (χ2n) is 5.66.